The van der Waals surface area contributed by atoms with Crippen LogP contribution in [0.15, 0.2) is 12.2 Å². The first-order valence-corrected chi connectivity index (χ1v) is 16.3. The number of hydrogen-bond acceptors (Lipinski definition) is 3. The summed E-state index contributed by atoms with van der Waals surface area (Å²) in [7, 11) is 0. The normalized spacial score (nSPS) is 15.5. The number of unbranched alkanes of at least 4 members (excludes halogenated alkanes) is 18. The Bertz CT molecular complexity index is 657. The Labute approximate surface area is 245 Å². The quantitative estimate of drug-likeness (QED) is 0.0495. The predicted octanol–water partition coefficient (Wildman–Crippen LogP) is 8.60. The van der Waals surface area contributed by atoms with E-state index >= 15 is 0 Å². The van der Waals surface area contributed by atoms with Crippen molar-refractivity contribution in [2.75, 3.05) is 6.54 Å². The van der Waals surface area contributed by atoms with Gasteiger partial charge < -0.3 is 15.3 Å². The van der Waals surface area contributed by atoms with E-state index in [1.807, 2.05) is 0 Å². The third-order valence-electron chi connectivity index (χ3n) is 8.79. The lowest BCUT2D eigenvalue weighted by Gasteiger charge is -2.47. The standard InChI is InChI=1S/C33H61NO6/c1-5-6-7-8-9-10-11-12-13-14-15-16-17-18-19-20-21-22-23-24-25-26-27-34(28(2)31(35)36,29(3)32(37)38)30(4)33(39)40/h9-10,28-30H,5-8,11-27H2,1-4H3,(H2-,35,36,37,38,39,40)/p+1/b10-9+. The highest BCUT2D eigenvalue weighted by molar-refractivity contribution is 5.77. The lowest BCUT2D eigenvalue weighted by atomic mass is 9.99. The molecular formula is C33H62NO6+. The Balaban J connectivity index is 3.97. The Hall–Kier alpha value is -1.89. The van der Waals surface area contributed by atoms with Crippen molar-refractivity contribution < 1.29 is 34.2 Å². The molecule has 40 heavy (non-hydrogen) atoms. The van der Waals surface area contributed by atoms with E-state index in [-0.39, 0.29) is 6.54 Å². The number of nitrogens with zero attached hydrogens (tertiary/aromatic N) is 1. The molecule has 0 saturated carbocycles. The first-order chi connectivity index (χ1) is 19.1. The van der Waals surface area contributed by atoms with Gasteiger partial charge in [0.2, 0.25) is 0 Å². The van der Waals surface area contributed by atoms with Crippen LogP contribution in [0.1, 0.15) is 156 Å². The van der Waals surface area contributed by atoms with Crippen LogP contribution < -0.4 is 0 Å². The number of hydrogen-bond donors (Lipinski definition) is 3. The Morgan fingerprint density at radius 1 is 0.500 bits per heavy atom. The minimum absolute atomic E-state index is 0.227. The summed E-state index contributed by atoms with van der Waals surface area (Å²) < 4.78 is -0.476. The van der Waals surface area contributed by atoms with Crippen LogP contribution >= 0.6 is 0 Å². The van der Waals surface area contributed by atoms with E-state index in [0.717, 1.165) is 19.3 Å². The van der Waals surface area contributed by atoms with Gasteiger partial charge in [-0.1, -0.05) is 109 Å². The van der Waals surface area contributed by atoms with Gasteiger partial charge in [0, 0.05) is 0 Å². The molecule has 0 saturated heterocycles. The van der Waals surface area contributed by atoms with Crippen LogP contribution in [0.3, 0.4) is 0 Å². The van der Waals surface area contributed by atoms with Crippen LogP contribution in [0, 0.1) is 0 Å². The largest absolute Gasteiger partial charge is 0.477 e. The summed E-state index contributed by atoms with van der Waals surface area (Å²) in [5, 5.41) is 29.0. The van der Waals surface area contributed by atoms with Crippen molar-refractivity contribution >= 4 is 17.9 Å². The Morgan fingerprint density at radius 3 is 1.07 bits per heavy atom. The predicted molar refractivity (Wildman–Crippen MR) is 164 cm³/mol. The zero-order valence-electron chi connectivity index (χ0n) is 26.2. The average molecular weight is 569 g/mol. The SMILES string of the molecule is CCCCC/C=C/CCCCCCCCCCCCCCCCC[N+](C(C)C(=O)O)(C(C)C(=O)O)C(C)C(=O)O. The van der Waals surface area contributed by atoms with E-state index in [2.05, 4.69) is 19.1 Å². The summed E-state index contributed by atoms with van der Waals surface area (Å²) in [4.78, 5) is 35.5. The highest BCUT2D eigenvalue weighted by atomic mass is 16.4. The first kappa shape index (κ1) is 38.1. The molecular weight excluding hydrogens is 506 g/mol. The van der Waals surface area contributed by atoms with Gasteiger partial charge in [0.15, 0.2) is 18.1 Å². The van der Waals surface area contributed by atoms with Gasteiger partial charge in [-0.25, -0.2) is 14.4 Å². The van der Waals surface area contributed by atoms with Crippen LogP contribution in [0.4, 0.5) is 0 Å². The van der Waals surface area contributed by atoms with Crippen molar-refractivity contribution in [1.29, 1.82) is 0 Å². The van der Waals surface area contributed by atoms with E-state index < -0.39 is 40.5 Å². The maximum atomic E-state index is 11.8. The number of aliphatic carboxylic acids is 3. The van der Waals surface area contributed by atoms with E-state index in [4.69, 9.17) is 0 Å². The second-order valence-corrected chi connectivity index (χ2v) is 11.8. The number of carbonyl (C=O) groups is 3. The molecule has 0 aromatic carbocycles. The minimum atomic E-state index is -1.17. The molecule has 3 atom stereocenters. The van der Waals surface area contributed by atoms with Crippen molar-refractivity contribution in [3.8, 4) is 0 Å². The number of quaternary nitrogens is 1. The smallest absolute Gasteiger partial charge is 0.362 e. The third kappa shape index (κ3) is 15.8. The summed E-state index contributed by atoms with van der Waals surface area (Å²) in [6.07, 6.45) is 29.2. The molecule has 0 aliphatic carbocycles. The molecule has 0 aliphatic heterocycles. The van der Waals surface area contributed by atoms with Crippen LogP contribution in [0.2, 0.25) is 0 Å². The molecule has 7 nitrogen and oxygen atoms in total. The highest BCUT2D eigenvalue weighted by Crippen LogP contribution is 2.27. The fourth-order valence-corrected chi connectivity index (χ4v) is 5.90. The van der Waals surface area contributed by atoms with Crippen molar-refractivity contribution in [2.24, 2.45) is 0 Å². The van der Waals surface area contributed by atoms with Gasteiger partial charge in [0.05, 0.1) is 6.54 Å². The van der Waals surface area contributed by atoms with Crippen LogP contribution in [-0.2, 0) is 14.4 Å². The highest BCUT2D eigenvalue weighted by Gasteiger charge is 2.52. The van der Waals surface area contributed by atoms with Crippen molar-refractivity contribution in [2.45, 2.75) is 174 Å². The zero-order valence-corrected chi connectivity index (χ0v) is 26.2. The van der Waals surface area contributed by atoms with Crippen LogP contribution in [0.5, 0.6) is 0 Å². The maximum Gasteiger partial charge on any atom is 0.362 e. The van der Waals surface area contributed by atoms with Crippen LogP contribution in [-0.4, -0.2) is 62.4 Å². The molecule has 0 amide bonds. The first-order valence-electron chi connectivity index (χ1n) is 16.3. The number of carboxylic acid groups (broad SMARTS) is 3. The van der Waals surface area contributed by atoms with E-state index in [9.17, 15) is 29.7 Å². The van der Waals surface area contributed by atoms with Crippen LogP contribution in [0.25, 0.3) is 0 Å². The van der Waals surface area contributed by atoms with Gasteiger partial charge in [-0.05, 0) is 59.3 Å². The number of allylic oxidation sites excluding steroid dienone is 2. The van der Waals surface area contributed by atoms with E-state index in [1.54, 1.807) is 0 Å². The number of carboxylic acids is 3. The van der Waals surface area contributed by atoms with Crippen molar-refractivity contribution in [3.05, 3.63) is 12.2 Å². The summed E-state index contributed by atoms with van der Waals surface area (Å²) in [5.41, 5.74) is 0. The van der Waals surface area contributed by atoms with Gasteiger partial charge in [0.1, 0.15) is 0 Å². The Morgan fingerprint density at radius 2 is 0.775 bits per heavy atom. The summed E-state index contributed by atoms with van der Waals surface area (Å²) in [6, 6.07) is -3.36. The van der Waals surface area contributed by atoms with E-state index in [1.165, 1.54) is 124 Å². The van der Waals surface area contributed by atoms with Gasteiger partial charge in [-0.15, -0.1) is 0 Å². The van der Waals surface area contributed by atoms with Gasteiger partial charge in [0.25, 0.3) is 0 Å². The zero-order chi connectivity index (χ0) is 30.2. The molecule has 0 aromatic heterocycles. The molecule has 0 fully saturated rings. The molecule has 7 heteroatoms. The fraction of sp³-hybridized carbons (Fsp3) is 0.848. The second kappa shape index (κ2) is 23.8. The monoisotopic (exact) mass is 568 g/mol. The molecule has 234 valence electrons. The van der Waals surface area contributed by atoms with Gasteiger partial charge >= 0.3 is 17.9 Å². The minimum Gasteiger partial charge on any atom is -0.477 e. The molecule has 0 rings (SSSR count). The van der Waals surface area contributed by atoms with Gasteiger partial charge in [-0.2, -0.15) is 0 Å². The van der Waals surface area contributed by atoms with Gasteiger partial charge in [-0.3, -0.25) is 4.48 Å². The molecule has 3 unspecified atom stereocenters. The molecule has 0 radical (unpaired) electrons. The molecule has 0 spiro atoms. The fourth-order valence-electron chi connectivity index (χ4n) is 5.90. The third-order valence-corrected chi connectivity index (χ3v) is 8.79. The topological polar surface area (TPSA) is 112 Å². The van der Waals surface area contributed by atoms with Crippen molar-refractivity contribution in [1.82, 2.24) is 0 Å². The lowest BCUT2D eigenvalue weighted by molar-refractivity contribution is -0.968. The Kier molecular flexibility index (Phi) is 22.7. The average Bonchev–Trinajstić information content (AvgIpc) is 2.92. The maximum absolute atomic E-state index is 11.8. The number of rotatable bonds is 28. The molecule has 0 aromatic rings. The second-order valence-electron chi connectivity index (χ2n) is 11.8. The van der Waals surface area contributed by atoms with Crippen molar-refractivity contribution in [3.63, 3.8) is 0 Å². The molecule has 0 aliphatic rings. The summed E-state index contributed by atoms with van der Waals surface area (Å²) >= 11 is 0. The molecule has 0 bridgehead atoms. The van der Waals surface area contributed by atoms with E-state index in [0.29, 0.717) is 6.42 Å². The lowest BCUT2D eigenvalue weighted by Crippen LogP contribution is -2.70. The summed E-state index contributed by atoms with van der Waals surface area (Å²) in [6.45, 7) is 6.76. The summed E-state index contributed by atoms with van der Waals surface area (Å²) in [5.74, 6) is -3.51. The molecule has 0 heterocycles. The molecule has 3 N–H and O–H groups in total.